The van der Waals surface area contributed by atoms with Gasteiger partial charge in [0.2, 0.25) is 0 Å². The first-order chi connectivity index (χ1) is 9.15. The van der Waals surface area contributed by atoms with Crippen LogP contribution in [0.5, 0.6) is 0 Å². The number of nitrogens with one attached hydrogen (secondary N) is 1. The highest BCUT2D eigenvalue weighted by molar-refractivity contribution is 5.56. The van der Waals surface area contributed by atoms with Gasteiger partial charge in [-0.3, -0.25) is 0 Å². The molecule has 0 spiro atoms. The molecule has 0 aliphatic rings. The largest absolute Gasteiger partial charge is 0.395 e. The monoisotopic (exact) mass is 266 g/mol. The highest BCUT2D eigenvalue weighted by Crippen LogP contribution is 2.28. The fourth-order valence-electron chi connectivity index (χ4n) is 2.22. The number of halogens is 1. The Bertz CT molecular complexity index is 409. The maximum absolute atomic E-state index is 14.1. The van der Waals surface area contributed by atoms with Crippen molar-refractivity contribution in [1.82, 2.24) is 5.32 Å². The molecule has 0 amide bonds. The van der Waals surface area contributed by atoms with Gasteiger partial charge in [-0.05, 0) is 25.6 Å². The molecule has 2 N–H and O–H groups in total. The molecule has 0 saturated heterocycles. The van der Waals surface area contributed by atoms with Crippen molar-refractivity contribution < 1.29 is 9.50 Å². The molecule has 1 aromatic rings. The molecule has 1 atom stereocenters. The van der Waals surface area contributed by atoms with Gasteiger partial charge in [-0.25, -0.2) is 4.39 Å². The summed E-state index contributed by atoms with van der Waals surface area (Å²) < 4.78 is 14.1. The zero-order valence-electron chi connectivity index (χ0n) is 11.7. The molecule has 106 valence electrons. The lowest BCUT2D eigenvalue weighted by atomic mass is 10.0. The summed E-state index contributed by atoms with van der Waals surface area (Å²) in [5.41, 5.74) is 1.45. The van der Waals surface area contributed by atoms with Gasteiger partial charge in [-0.15, -0.1) is 6.58 Å². The number of hydrogen-bond donors (Lipinski definition) is 2. The number of benzene rings is 1. The summed E-state index contributed by atoms with van der Waals surface area (Å²) in [6, 6.07) is 4.97. The minimum absolute atomic E-state index is 0.0272. The molecule has 1 rings (SSSR count). The highest BCUT2D eigenvalue weighted by Gasteiger charge is 2.18. The van der Waals surface area contributed by atoms with E-state index in [1.807, 2.05) is 24.8 Å². The fourth-order valence-corrected chi connectivity index (χ4v) is 2.22. The molecule has 3 nitrogen and oxygen atoms in total. The summed E-state index contributed by atoms with van der Waals surface area (Å²) in [5, 5.41) is 12.4. The Morgan fingerprint density at radius 1 is 1.53 bits per heavy atom. The van der Waals surface area contributed by atoms with Crippen molar-refractivity contribution in [1.29, 1.82) is 0 Å². The first kappa shape index (κ1) is 15.7. The molecule has 0 aliphatic heterocycles. The topological polar surface area (TPSA) is 35.5 Å². The quantitative estimate of drug-likeness (QED) is 0.710. The molecule has 0 fully saturated rings. The van der Waals surface area contributed by atoms with Crippen LogP contribution < -0.4 is 10.2 Å². The Kier molecular flexibility index (Phi) is 6.53. The Morgan fingerprint density at radius 2 is 2.26 bits per heavy atom. The number of aliphatic hydroxyl groups is 1. The molecule has 19 heavy (non-hydrogen) atoms. The van der Waals surface area contributed by atoms with E-state index in [4.69, 9.17) is 5.11 Å². The third kappa shape index (κ3) is 4.04. The van der Waals surface area contributed by atoms with E-state index >= 15 is 0 Å². The van der Waals surface area contributed by atoms with Crippen molar-refractivity contribution in [3.8, 4) is 0 Å². The van der Waals surface area contributed by atoms with Crippen LogP contribution in [0.25, 0.3) is 0 Å². The smallest absolute Gasteiger partial charge is 0.130 e. The first-order valence-electron chi connectivity index (χ1n) is 6.64. The maximum Gasteiger partial charge on any atom is 0.130 e. The van der Waals surface area contributed by atoms with Crippen LogP contribution in [0.2, 0.25) is 0 Å². The summed E-state index contributed by atoms with van der Waals surface area (Å²) in [6.45, 7) is 9.48. The normalized spacial score (nSPS) is 12.2. The minimum atomic E-state index is -0.224. The van der Waals surface area contributed by atoms with Crippen LogP contribution in [-0.4, -0.2) is 31.3 Å². The molecule has 0 radical (unpaired) electrons. The van der Waals surface area contributed by atoms with Crippen molar-refractivity contribution in [2.75, 3.05) is 31.1 Å². The van der Waals surface area contributed by atoms with E-state index in [9.17, 15) is 4.39 Å². The summed E-state index contributed by atoms with van der Waals surface area (Å²) in [7, 11) is 0. The highest BCUT2D eigenvalue weighted by atomic mass is 19.1. The Balaban J connectivity index is 3.16. The standard InChI is InChI=1S/C15H23FN2O/c1-4-9-18(10-11-19)14-8-6-7-13(16)15(14)12(3)17-5-2/h4,6-8,12,17,19H,1,5,9-11H2,2-3H3. The van der Waals surface area contributed by atoms with E-state index < -0.39 is 0 Å². The van der Waals surface area contributed by atoms with E-state index in [-0.39, 0.29) is 18.5 Å². The van der Waals surface area contributed by atoms with Crippen LogP contribution in [-0.2, 0) is 0 Å². The minimum Gasteiger partial charge on any atom is -0.395 e. The van der Waals surface area contributed by atoms with Crippen molar-refractivity contribution >= 4 is 5.69 Å². The number of rotatable bonds is 8. The van der Waals surface area contributed by atoms with Gasteiger partial charge in [-0.1, -0.05) is 19.1 Å². The van der Waals surface area contributed by atoms with Crippen LogP contribution in [0.1, 0.15) is 25.5 Å². The van der Waals surface area contributed by atoms with E-state index in [2.05, 4.69) is 11.9 Å². The van der Waals surface area contributed by atoms with E-state index in [1.165, 1.54) is 6.07 Å². The molecule has 0 saturated carbocycles. The second-order valence-corrected chi connectivity index (χ2v) is 4.41. The van der Waals surface area contributed by atoms with Crippen LogP contribution in [0.4, 0.5) is 10.1 Å². The summed E-state index contributed by atoms with van der Waals surface area (Å²) >= 11 is 0. The van der Waals surface area contributed by atoms with Gasteiger partial charge in [0, 0.05) is 30.4 Å². The molecule has 0 aromatic heterocycles. The summed E-state index contributed by atoms with van der Waals surface area (Å²) in [5.74, 6) is -0.224. The van der Waals surface area contributed by atoms with Gasteiger partial charge in [0.25, 0.3) is 0 Å². The molecule has 1 unspecified atom stereocenters. The molecule has 0 bridgehead atoms. The van der Waals surface area contributed by atoms with Crippen molar-refractivity contribution in [3.05, 3.63) is 42.2 Å². The van der Waals surface area contributed by atoms with Gasteiger partial charge in [0.15, 0.2) is 0 Å². The molecule has 0 aliphatic carbocycles. The maximum atomic E-state index is 14.1. The summed E-state index contributed by atoms with van der Waals surface area (Å²) in [6.07, 6.45) is 1.75. The predicted octanol–water partition coefficient (Wildman–Crippen LogP) is 2.48. The Hall–Kier alpha value is -1.39. The predicted molar refractivity (Wildman–Crippen MR) is 78.0 cm³/mol. The average Bonchev–Trinajstić information content (AvgIpc) is 2.38. The summed E-state index contributed by atoms with van der Waals surface area (Å²) in [4.78, 5) is 1.93. The van der Waals surface area contributed by atoms with Crippen molar-refractivity contribution in [3.63, 3.8) is 0 Å². The molecular formula is C15H23FN2O. The number of hydrogen-bond acceptors (Lipinski definition) is 3. The van der Waals surface area contributed by atoms with E-state index in [0.29, 0.717) is 18.7 Å². The van der Waals surface area contributed by atoms with Crippen molar-refractivity contribution in [2.45, 2.75) is 19.9 Å². The lowest BCUT2D eigenvalue weighted by molar-refractivity contribution is 0.302. The zero-order valence-corrected chi connectivity index (χ0v) is 11.7. The van der Waals surface area contributed by atoms with Gasteiger partial charge in [-0.2, -0.15) is 0 Å². The molecule has 4 heteroatoms. The van der Waals surface area contributed by atoms with E-state index in [1.54, 1.807) is 12.1 Å². The van der Waals surface area contributed by atoms with Gasteiger partial charge < -0.3 is 15.3 Å². The number of nitrogens with zero attached hydrogens (tertiary/aromatic N) is 1. The molecule has 0 heterocycles. The fraction of sp³-hybridized carbons (Fsp3) is 0.467. The van der Waals surface area contributed by atoms with Crippen LogP contribution in [0, 0.1) is 5.82 Å². The third-order valence-corrected chi connectivity index (χ3v) is 3.03. The SMILES string of the molecule is C=CCN(CCO)c1cccc(F)c1C(C)NCC. The van der Waals surface area contributed by atoms with Crippen LogP contribution >= 0.6 is 0 Å². The Labute approximate surface area is 114 Å². The van der Waals surface area contributed by atoms with Gasteiger partial charge in [0.05, 0.1) is 6.61 Å². The average molecular weight is 266 g/mol. The Morgan fingerprint density at radius 3 is 2.84 bits per heavy atom. The second kappa shape index (κ2) is 7.92. The lowest BCUT2D eigenvalue weighted by Crippen LogP contribution is -2.30. The van der Waals surface area contributed by atoms with Crippen molar-refractivity contribution in [2.24, 2.45) is 0 Å². The lowest BCUT2D eigenvalue weighted by Gasteiger charge is -2.28. The first-order valence-corrected chi connectivity index (χ1v) is 6.64. The second-order valence-electron chi connectivity index (χ2n) is 4.41. The number of aliphatic hydroxyl groups excluding tert-OH is 1. The zero-order chi connectivity index (χ0) is 14.3. The van der Waals surface area contributed by atoms with Gasteiger partial charge >= 0.3 is 0 Å². The van der Waals surface area contributed by atoms with E-state index in [0.717, 1.165) is 12.2 Å². The molecule has 1 aromatic carbocycles. The number of anilines is 1. The third-order valence-electron chi connectivity index (χ3n) is 3.03. The van der Waals surface area contributed by atoms with Gasteiger partial charge in [0.1, 0.15) is 5.82 Å². The van der Waals surface area contributed by atoms with Crippen LogP contribution in [0.15, 0.2) is 30.9 Å². The van der Waals surface area contributed by atoms with Crippen LogP contribution in [0.3, 0.4) is 0 Å². The molecular weight excluding hydrogens is 243 g/mol.